The minimum atomic E-state index is -0.502. The summed E-state index contributed by atoms with van der Waals surface area (Å²) in [5.74, 6) is 0.883. The Labute approximate surface area is 120 Å². The molecule has 1 aromatic heterocycles. The standard InChI is InChI=1S/C13H11Cl2FN2O/c1-7(2)13-17-11(15)6-12(18-13)19-8-3-4-10(16)9(14)5-8/h3-7H,1-2H3. The van der Waals surface area contributed by atoms with E-state index in [2.05, 4.69) is 9.97 Å². The molecule has 1 aromatic carbocycles. The highest BCUT2D eigenvalue weighted by Crippen LogP contribution is 2.27. The van der Waals surface area contributed by atoms with E-state index in [-0.39, 0.29) is 10.9 Å². The van der Waals surface area contributed by atoms with Gasteiger partial charge in [0.25, 0.3) is 0 Å². The average molecular weight is 301 g/mol. The van der Waals surface area contributed by atoms with Crippen molar-refractivity contribution in [1.82, 2.24) is 9.97 Å². The molecule has 0 saturated heterocycles. The first-order valence-electron chi connectivity index (χ1n) is 5.63. The molecule has 3 nitrogen and oxygen atoms in total. The van der Waals surface area contributed by atoms with Crippen LogP contribution in [0.25, 0.3) is 0 Å². The van der Waals surface area contributed by atoms with Gasteiger partial charge in [-0.05, 0) is 12.1 Å². The first-order chi connectivity index (χ1) is 8.95. The predicted molar refractivity (Wildman–Crippen MR) is 72.6 cm³/mol. The van der Waals surface area contributed by atoms with E-state index in [0.717, 1.165) is 0 Å². The molecule has 0 saturated carbocycles. The van der Waals surface area contributed by atoms with E-state index in [1.54, 1.807) is 0 Å². The molecule has 0 spiro atoms. The summed E-state index contributed by atoms with van der Waals surface area (Å²) in [6, 6.07) is 5.56. The minimum Gasteiger partial charge on any atom is -0.439 e. The summed E-state index contributed by atoms with van der Waals surface area (Å²) in [7, 11) is 0. The third kappa shape index (κ3) is 3.55. The monoisotopic (exact) mass is 300 g/mol. The van der Waals surface area contributed by atoms with Gasteiger partial charge in [0.15, 0.2) is 0 Å². The van der Waals surface area contributed by atoms with Gasteiger partial charge in [0.2, 0.25) is 5.88 Å². The van der Waals surface area contributed by atoms with Crippen molar-refractivity contribution in [3.05, 3.63) is 46.1 Å². The summed E-state index contributed by atoms with van der Waals surface area (Å²) in [4.78, 5) is 8.32. The Hall–Kier alpha value is -1.39. The summed E-state index contributed by atoms with van der Waals surface area (Å²) >= 11 is 11.6. The van der Waals surface area contributed by atoms with Crippen molar-refractivity contribution in [2.24, 2.45) is 0 Å². The molecule has 0 aliphatic heterocycles. The SMILES string of the molecule is CC(C)c1nc(Cl)cc(Oc2ccc(F)c(Cl)c2)n1. The lowest BCUT2D eigenvalue weighted by Crippen LogP contribution is -1.99. The highest BCUT2D eigenvalue weighted by molar-refractivity contribution is 6.30. The van der Waals surface area contributed by atoms with Gasteiger partial charge in [0.1, 0.15) is 22.5 Å². The maximum atomic E-state index is 13.0. The fraction of sp³-hybridized carbons (Fsp3) is 0.231. The van der Waals surface area contributed by atoms with Crippen LogP contribution in [0.4, 0.5) is 4.39 Å². The first-order valence-corrected chi connectivity index (χ1v) is 6.38. The molecular formula is C13H11Cl2FN2O. The smallest absolute Gasteiger partial charge is 0.224 e. The predicted octanol–water partition coefficient (Wildman–Crippen LogP) is 4.84. The summed E-state index contributed by atoms with van der Waals surface area (Å²) in [6.45, 7) is 3.90. The average Bonchev–Trinajstić information content (AvgIpc) is 2.33. The molecule has 0 aliphatic carbocycles. The second-order valence-corrected chi connectivity index (χ2v) is 5.01. The van der Waals surface area contributed by atoms with Crippen LogP contribution in [-0.4, -0.2) is 9.97 Å². The van der Waals surface area contributed by atoms with Crippen LogP contribution < -0.4 is 4.74 Å². The molecule has 6 heteroatoms. The van der Waals surface area contributed by atoms with E-state index < -0.39 is 5.82 Å². The molecule has 0 amide bonds. The Bertz CT molecular complexity index is 605. The minimum absolute atomic E-state index is 0.0123. The first kappa shape index (κ1) is 14.0. The van der Waals surface area contributed by atoms with Crippen molar-refractivity contribution >= 4 is 23.2 Å². The zero-order chi connectivity index (χ0) is 14.0. The molecular weight excluding hydrogens is 290 g/mol. The van der Waals surface area contributed by atoms with Crippen LogP contribution >= 0.6 is 23.2 Å². The van der Waals surface area contributed by atoms with Gasteiger partial charge in [-0.3, -0.25) is 0 Å². The third-order valence-corrected chi connectivity index (χ3v) is 2.80. The Morgan fingerprint density at radius 1 is 1.16 bits per heavy atom. The Morgan fingerprint density at radius 3 is 2.53 bits per heavy atom. The normalized spacial score (nSPS) is 10.8. The number of hydrogen-bond donors (Lipinski definition) is 0. The molecule has 100 valence electrons. The van der Waals surface area contributed by atoms with Crippen molar-refractivity contribution in [3.8, 4) is 11.6 Å². The molecule has 1 heterocycles. The lowest BCUT2D eigenvalue weighted by Gasteiger charge is -2.09. The quantitative estimate of drug-likeness (QED) is 0.761. The number of nitrogens with zero attached hydrogens (tertiary/aromatic N) is 2. The van der Waals surface area contributed by atoms with Crippen LogP contribution in [0.5, 0.6) is 11.6 Å². The number of rotatable bonds is 3. The van der Waals surface area contributed by atoms with Crippen molar-refractivity contribution < 1.29 is 9.13 Å². The lowest BCUT2D eigenvalue weighted by atomic mass is 10.2. The highest BCUT2D eigenvalue weighted by Gasteiger charge is 2.09. The Kier molecular flexibility index (Phi) is 4.22. The van der Waals surface area contributed by atoms with Crippen LogP contribution in [0.15, 0.2) is 24.3 Å². The number of benzene rings is 1. The van der Waals surface area contributed by atoms with Crippen molar-refractivity contribution in [1.29, 1.82) is 0 Å². The van der Waals surface area contributed by atoms with Gasteiger partial charge in [-0.25, -0.2) is 9.37 Å². The van der Waals surface area contributed by atoms with Gasteiger partial charge in [0.05, 0.1) is 5.02 Å². The van der Waals surface area contributed by atoms with Crippen molar-refractivity contribution in [3.63, 3.8) is 0 Å². The summed E-state index contributed by atoms with van der Waals surface area (Å²) < 4.78 is 18.5. The van der Waals surface area contributed by atoms with Crippen LogP contribution in [0.1, 0.15) is 25.6 Å². The van der Waals surface area contributed by atoms with Crippen molar-refractivity contribution in [2.45, 2.75) is 19.8 Å². The molecule has 19 heavy (non-hydrogen) atoms. The largest absolute Gasteiger partial charge is 0.439 e. The van der Waals surface area contributed by atoms with E-state index >= 15 is 0 Å². The lowest BCUT2D eigenvalue weighted by molar-refractivity contribution is 0.455. The number of aromatic nitrogens is 2. The summed E-state index contributed by atoms with van der Waals surface area (Å²) in [6.07, 6.45) is 0. The van der Waals surface area contributed by atoms with Gasteiger partial charge in [0, 0.05) is 18.1 Å². The second-order valence-electron chi connectivity index (χ2n) is 4.22. The number of hydrogen-bond acceptors (Lipinski definition) is 3. The fourth-order valence-corrected chi connectivity index (χ4v) is 1.74. The second kappa shape index (κ2) is 5.72. The number of halogens is 3. The van der Waals surface area contributed by atoms with E-state index in [0.29, 0.717) is 22.6 Å². The van der Waals surface area contributed by atoms with Crippen LogP contribution in [0, 0.1) is 5.82 Å². The van der Waals surface area contributed by atoms with Crippen molar-refractivity contribution in [2.75, 3.05) is 0 Å². The Morgan fingerprint density at radius 2 is 1.89 bits per heavy atom. The number of ether oxygens (including phenoxy) is 1. The zero-order valence-electron chi connectivity index (χ0n) is 10.3. The van der Waals surface area contributed by atoms with Gasteiger partial charge in [-0.1, -0.05) is 37.0 Å². The molecule has 0 N–H and O–H groups in total. The molecule has 0 aliphatic rings. The zero-order valence-corrected chi connectivity index (χ0v) is 11.8. The molecule has 0 unspecified atom stereocenters. The summed E-state index contributed by atoms with van der Waals surface area (Å²) in [5.41, 5.74) is 0. The van der Waals surface area contributed by atoms with E-state index in [4.69, 9.17) is 27.9 Å². The molecule has 0 atom stereocenters. The summed E-state index contributed by atoms with van der Waals surface area (Å²) in [5, 5.41) is 0.281. The molecule has 2 rings (SSSR count). The maximum Gasteiger partial charge on any atom is 0.224 e. The van der Waals surface area contributed by atoms with Gasteiger partial charge >= 0.3 is 0 Å². The molecule has 2 aromatic rings. The molecule has 0 bridgehead atoms. The maximum absolute atomic E-state index is 13.0. The topological polar surface area (TPSA) is 35.0 Å². The van der Waals surface area contributed by atoms with E-state index in [1.807, 2.05) is 13.8 Å². The third-order valence-electron chi connectivity index (χ3n) is 2.32. The fourth-order valence-electron chi connectivity index (χ4n) is 1.39. The van der Waals surface area contributed by atoms with E-state index in [9.17, 15) is 4.39 Å². The highest BCUT2D eigenvalue weighted by atomic mass is 35.5. The van der Waals surface area contributed by atoms with Gasteiger partial charge in [-0.15, -0.1) is 0 Å². The van der Waals surface area contributed by atoms with Crippen LogP contribution in [0.2, 0.25) is 10.2 Å². The van der Waals surface area contributed by atoms with Gasteiger partial charge < -0.3 is 4.74 Å². The molecule has 0 radical (unpaired) electrons. The van der Waals surface area contributed by atoms with Crippen LogP contribution in [0.3, 0.4) is 0 Å². The van der Waals surface area contributed by atoms with E-state index in [1.165, 1.54) is 24.3 Å². The molecule has 0 fully saturated rings. The Balaban J connectivity index is 2.29. The van der Waals surface area contributed by atoms with Gasteiger partial charge in [-0.2, -0.15) is 4.98 Å². The van der Waals surface area contributed by atoms with Crippen LogP contribution in [-0.2, 0) is 0 Å².